The molecule has 3 fully saturated rings. The summed E-state index contributed by atoms with van der Waals surface area (Å²) in [6.45, 7) is 3.11. The second-order valence-electron chi connectivity index (χ2n) is 10.2. The van der Waals surface area contributed by atoms with Crippen LogP contribution in [0.15, 0.2) is 36.8 Å². The first kappa shape index (κ1) is 23.8. The lowest BCUT2D eigenvalue weighted by Gasteiger charge is -2.37. The Morgan fingerprint density at radius 1 is 1.16 bits per heavy atom. The minimum Gasteiger partial charge on any atom is -0.433 e. The molecule has 0 radical (unpaired) electrons. The van der Waals surface area contributed by atoms with Crippen LogP contribution in [0.1, 0.15) is 37.3 Å². The molecule has 11 nitrogen and oxygen atoms in total. The van der Waals surface area contributed by atoms with Crippen LogP contribution in [0.25, 0.3) is 11.3 Å². The molecule has 0 unspecified atom stereocenters. The minimum atomic E-state index is -1.10. The maximum absolute atomic E-state index is 12.5. The Morgan fingerprint density at radius 2 is 1.97 bits per heavy atom. The highest BCUT2D eigenvalue weighted by atomic mass is 16.5. The predicted molar refractivity (Wildman–Crippen MR) is 136 cm³/mol. The molecule has 0 bridgehead atoms. The van der Waals surface area contributed by atoms with E-state index in [2.05, 4.69) is 27.0 Å². The lowest BCUT2D eigenvalue weighted by molar-refractivity contribution is -0.184. The third kappa shape index (κ3) is 4.65. The Hall–Kier alpha value is -3.54. The molecule has 37 heavy (non-hydrogen) atoms. The number of nitrogens with two attached hydrogens (primary N) is 1. The summed E-state index contributed by atoms with van der Waals surface area (Å²) in [6.07, 6.45) is 8.48. The molecule has 0 atom stereocenters. The smallest absolute Gasteiger partial charge is 0.263 e. The van der Waals surface area contributed by atoms with E-state index in [1.807, 2.05) is 29.1 Å². The van der Waals surface area contributed by atoms with E-state index in [0.717, 1.165) is 38.0 Å². The van der Waals surface area contributed by atoms with Crippen LogP contribution < -0.4 is 15.4 Å². The van der Waals surface area contributed by atoms with E-state index in [0.29, 0.717) is 41.6 Å². The van der Waals surface area contributed by atoms with Gasteiger partial charge < -0.3 is 30.1 Å². The second-order valence-corrected chi connectivity index (χ2v) is 10.2. The fourth-order valence-corrected chi connectivity index (χ4v) is 5.11. The van der Waals surface area contributed by atoms with Gasteiger partial charge in [-0.1, -0.05) is 0 Å². The van der Waals surface area contributed by atoms with Gasteiger partial charge >= 0.3 is 0 Å². The van der Waals surface area contributed by atoms with E-state index in [1.54, 1.807) is 17.3 Å². The SMILES string of the molecule is CN1CCC(n2cc(Oc3nc(-c4cc(N5CCCC5=O)cc(C5(O)COC5)c4)cnc3N)cn2)CC1. The molecule has 3 N–H and O–H groups in total. The van der Waals surface area contributed by atoms with E-state index >= 15 is 0 Å². The minimum absolute atomic E-state index is 0.0639. The van der Waals surface area contributed by atoms with Gasteiger partial charge in [0.25, 0.3) is 5.88 Å². The van der Waals surface area contributed by atoms with Crippen LogP contribution in [-0.4, -0.2) is 75.6 Å². The molecule has 0 saturated carbocycles. The van der Waals surface area contributed by atoms with E-state index < -0.39 is 5.60 Å². The molecule has 6 rings (SSSR count). The monoisotopic (exact) mass is 505 g/mol. The van der Waals surface area contributed by atoms with Crippen molar-refractivity contribution in [2.24, 2.45) is 0 Å². The van der Waals surface area contributed by atoms with Gasteiger partial charge in [-0.3, -0.25) is 9.48 Å². The number of hydrogen-bond donors (Lipinski definition) is 2. The zero-order valence-corrected chi connectivity index (χ0v) is 20.8. The van der Waals surface area contributed by atoms with Crippen molar-refractivity contribution >= 4 is 17.4 Å². The summed E-state index contributed by atoms with van der Waals surface area (Å²) >= 11 is 0. The molecule has 3 aromatic rings. The maximum atomic E-state index is 12.5. The Labute approximate surface area is 214 Å². The number of rotatable bonds is 6. The van der Waals surface area contributed by atoms with E-state index in [1.165, 1.54) is 0 Å². The van der Waals surface area contributed by atoms with Crippen LogP contribution >= 0.6 is 0 Å². The summed E-state index contributed by atoms with van der Waals surface area (Å²) < 4.78 is 13.2. The van der Waals surface area contributed by atoms with Gasteiger partial charge in [0.05, 0.1) is 43.5 Å². The van der Waals surface area contributed by atoms with Crippen molar-refractivity contribution in [1.82, 2.24) is 24.6 Å². The molecule has 3 saturated heterocycles. The topological polar surface area (TPSA) is 132 Å². The van der Waals surface area contributed by atoms with Crippen LogP contribution in [0.2, 0.25) is 0 Å². The van der Waals surface area contributed by atoms with Crippen molar-refractivity contribution in [3.63, 3.8) is 0 Å². The van der Waals surface area contributed by atoms with Crippen LogP contribution in [0.5, 0.6) is 11.6 Å². The highest BCUT2D eigenvalue weighted by Crippen LogP contribution is 2.37. The van der Waals surface area contributed by atoms with Gasteiger partial charge in [0.1, 0.15) is 5.60 Å². The zero-order chi connectivity index (χ0) is 25.6. The van der Waals surface area contributed by atoms with E-state index in [4.69, 9.17) is 15.2 Å². The average molecular weight is 506 g/mol. The predicted octanol–water partition coefficient (Wildman–Crippen LogP) is 2.33. The Morgan fingerprint density at radius 3 is 2.68 bits per heavy atom. The first-order chi connectivity index (χ1) is 17.9. The average Bonchev–Trinajstić information content (AvgIpc) is 3.53. The summed E-state index contributed by atoms with van der Waals surface area (Å²) in [5.74, 6) is 0.937. The maximum Gasteiger partial charge on any atom is 0.263 e. The summed E-state index contributed by atoms with van der Waals surface area (Å²) in [7, 11) is 2.13. The van der Waals surface area contributed by atoms with Gasteiger partial charge in [0.15, 0.2) is 11.6 Å². The van der Waals surface area contributed by atoms with Crippen molar-refractivity contribution in [2.75, 3.05) is 50.5 Å². The lowest BCUT2D eigenvalue weighted by Crippen LogP contribution is -2.46. The molecule has 5 heterocycles. The van der Waals surface area contributed by atoms with Gasteiger partial charge in [-0.25, -0.2) is 9.97 Å². The summed E-state index contributed by atoms with van der Waals surface area (Å²) in [5.41, 5.74) is 7.63. The van der Waals surface area contributed by atoms with Crippen molar-refractivity contribution in [3.05, 3.63) is 42.4 Å². The Bertz CT molecular complexity index is 1310. The molecule has 1 aromatic carbocycles. The summed E-state index contributed by atoms with van der Waals surface area (Å²) in [5, 5.41) is 15.5. The summed E-state index contributed by atoms with van der Waals surface area (Å²) in [4.78, 5) is 25.5. The zero-order valence-electron chi connectivity index (χ0n) is 20.8. The number of anilines is 2. The first-order valence-corrected chi connectivity index (χ1v) is 12.7. The van der Waals surface area contributed by atoms with E-state index in [-0.39, 0.29) is 30.8 Å². The molecular weight excluding hydrogens is 474 g/mol. The highest BCUT2D eigenvalue weighted by molar-refractivity contribution is 5.96. The van der Waals surface area contributed by atoms with Crippen molar-refractivity contribution in [2.45, 2.75) is 37.3 Å². The molecule has 1 amide bonds. The molecule has 11 heteroatoms. The molecule has 0 spiro atoms. The largest absolute Gasteiger partial charge is 0.433 e. The fourth-order valence-electron chi connectivity index (χ4n) is 5.11. The number of likely N-dealkylation sites (tertiary alicyclic amines) is 1. The first-order valence-electron chi connectivity index (χ1n) is 12.7. The number of carbonyl (C=O) groups is 1. The van der Waals surface area contributed by atoms with Crippen molar-refractivity contribution in [1.29, 1.82) is 0 Å². The number of aromatic nitrogens is 4. The second kappa shape index (κ2) is 9.40. The number of carbonyl (C=O) groups excluding carboxylic acids is 1. The Balaban J connectivity index is 1.30. The number of benzene rings is 1. The molecule has 3 aliphatic rings. The van der Waals surface area contributed by atoms with Gasteiger partial charge in [0.2, 0.25) is 5.91 Å². The van der Waals surface area contributed by atoms with Crippen LogP contribution in [0.4, 0.5) is 11.5 Å². The van der Waals surface area contributed by atoms with Gasteiger partial charge in [-0.05, 0) is 63.2 Å². The fraction of sp³-hybridized carbons (Fsp3) is 0.462. The number of nitrogen functional groups attached to an aromatic ring is 1. The molecule has 194 valence electrons. The number of amides is 1. The van der Waals surface area contributed by atoms with Gasteiger partial charge in [-0.15, -0.1) is 0 Å². The summed E-state index contributed by atoms with van der Waals surface area (Å²) in [6, 6.07) is 5.93. The molecule has 0 aliphatic carbocycles. The standard InChI is InChI=1S/C26H31N7O4/c1-31-7-4-19(5-8-31)33-14-21(12-29-33)37-25-24(27)28-13-22(30-25)17-9-18(26(35)15-36-16-26)11-20(10-17)32-6-2-3-23(32)34/h9-14,19,35H,2-8,15-16H2,1H3,(H2,27,28). The van der Waals surface area contributed by atoms with Crippen LogP contribution in [0, 0.1) is 0 Å². The molecule has 3 aliphatic heterocycles. The highest BCUT2D eigenvalue weighted by Gasteiger charge is 2.39. The molecular formula is C26H31N7O4. The quantitative estimate of drug-likeness (QED) is 0.518. The number of ether oxygens (including phenoxy) is 2. The lowest BCUT2D eigenvalue weighted by atomic mass is 9.89. The van der Waals surface area contributed by atoms with Crippen LogP contribution in [0.3, 0.4) is 0 Å². The van der Waals surface area contributed by atoms with Crippen molar-refractivity contribution in [3.8, 4) is 22.9 Å². The number of aliphatic hydroxyl groups is 1. The number of nitrogens with zero attached hydrogens (tertiary/aromatic N) is 6. The molecule has 2 aromatic heterocycles. The number of piperidine rings is 1. The van der Waals surface area contributed by atoms with E-state index in [9.17, 15) is 9.90 Å². The van der Waals surface area contributed by atoms with Gasteiger partial charge in [-0.2, -0.15) is 5.10 Å². The number of hydrogen-bond acceptors (Lipinski definition) is 9. The third-order valence-corrected chi connectivity index (χ3v) is 7.44. The van der Waals surface area contributed by atoms with Gasteiger partial charge in [0, 0.05) is 24.2 Å². The Kier molecular flexibility index (Phi) is 6.06. The normalized spacial score (nSPS) is 20.3. The van der Waals surface area contributed by atoms with Crippen molar-refractivity contribution < 1.29 is 19.4 Å². The third-order valence-electron chi connectivity index (χ3n) is 7.44. The van der Waals surface area contributed by atoms with Crippen LogP contribution in [-0.2, 0) is 15.1 Å².